The predicted molar refractivity (Wildman–Crippen MR) is 137 cm³/mol. The number of hydrogen-bond acceptors (Lipinski definition) is 7. The molecule has 4 N–H and O–H groups in total. The minimum absolute atomic E-state index is 0.00848. The molecular weight excluding hydrogens is 480 g/mol. The number of benzene rings is 1. The molecule has 37 heavy (non-hydrogen) atoms. The maximum Gasteiger partial charge on any atom is 0.348 e. The Hall–Kier alpha value is -3.41. The number of aliphatic hydroxyl groups excluding tert-OH is 1. The second-order valence-corrected chi connectivity index (χ2v) is 9.32. The van der Waals surface area contributed by atoms with Gasteiger partial charge >= 0.3 is 5.69 Å². The van der Waals surface area contributed by atoms with Gasteiger partial charge in [-0.25, -0.2) is 20.1 Å². The number of carbonyl (C=O) groups is 2. The van der Waals surface area contributed by atoms with E-state index in [4.69, 9.17) is 9.57 Å². The summed E-state index contributed by atoms with van der Waals surface area (Å²) in [5.74, 6) is -1.70. The fraction of sp³-hybridized carbons (Fsp3) is 0.500. The largest absolute Gasteiger partial charge is 0.492 e. The molecule has 2 atom stereocenters. The number of aliphatic hydroxyl groups is 1. The molecule has 0 saturated carbocycles. The van der Waals surface area contributed by atoms with Crippen LogP contribution in [-0.2, 0) is 25.8 Å². The average Bonchev–Trinajstić information content (AvgIpc) is 3.19. The lowest BCUT2D eigenvalue weighted by Gasteiger charge is -2.31. The molecule has 3 rings (SSSR count). The molecule has 0 spiro atoms. The quantitative estimate of drug-likeness (QED) is 0.317. The van der Waals surface area contributed by atoms with E-state index in [9.17, 15) is 24.6 Å². The van der Waals surface area contributed by atoms with Crippen LogP contribution in [0.1, 0.15) is 63.6 Å². The zero-order valence-electron chi connectivity index (χ0n) is 21.3. The SMILES string of the molecule is CC(C)CCC(=O)N([C@@H](CC=Cc1ccccc1)C(=O)NO[C@@H]1CCCCO1)n1c(O)c(CO)[nH]c1=O. The van der Waals surface area contributed by atoms with Crippen molar-refractivity contribution in [2.75, 3.05) is 11.6 Å². The summed E-state index contributed by atoms with van der Waals surface area (Å²) in [6, 6.07) is 8.14. The van der Waals surface area contributed by atoms with Crippen molar-refractivity contribution in [3.8, 4) is 5.88 Å². The number of nitrogens with zero attached hydrogens (tertiary/aromatic N) is 2. The summed E-state index contributed by atoms with van der Waals surface area (Å²) in [5, 5.41) is 21.1. The van der Waals surface area contributed by atoms with Crippen LogP contribution in [0.3, 0.4) is 0 Å². The standard InChI is InChI=1S/C26H36N4O7/c1-18(2)14-15-22(32)29(30-25(34)20(17-31)27-26(30)35)21(12-8-11-19-9-4-3-5-10-19)24(33)28-37-23-13-6-7-16-36-23/h3-5,8-11,18,21,23,31,34H,6-7,12-17H2,1-2H3,(H,27,35)(H,28,33)/t21-,23+/m0/s1. The zero-order chi connectivity index (χ0) is 26.8. The highest BCUT2D eigenvalue weighted by molar-refractivity contribution is 5.95. The lowest BCUT2D eigenvalue weighted by Crippen LogP contribution is -2.57. The third-order valence-electron chi connectivity index (χ3n) is 5.98. The van der Waals surface area contributed by atoms with Crippen molar-refractivity contribution in [1.82, 2.24) is 15.1 Å². The second kappa shape index (κ2) is 13.8. The molecule has 202 valence electrons. The zero-order valence-corrected chi connectivity index (χ0v) is 21.3. The Bertz CT molecular complexity index is 1100. The Labute approximate surface area is 215 Å². The van der Waals surface area contributed by atoms with E-state index < -0.39 is 42.3 Å². The van der Waals surface area contributed by atoms with Crippen molar-refractivity contribution in [2.45, 2.75) is 71.3 Å². The molecule has 1 aliphatic heterocycles. The van der Waals surface area contributed by atoms with E-state index >= 15 is 0 Å². The van der Waals surface area contributed by atoms with Gasteiger partial charge in [-0.05, 0) is 37.2 Å². The van der Waals surface area contributed by atoms with Crippen LogP contribution in [0, 0.1) is 5.92 Å². The van der Waals surface area contributed by atoms with Crippen molar-refractivity contribution in [2.24, 2.45) is 5.92 Å². The van der Waals surface area contributed by atoms with Crippen LogP contribution in [0.2, 0.25) is 0 Å². The normalized spacial score (nSPS) is 16.7. The summed E-state index contributed by atoms with van der Waals surface area (Å²) in [7, 11) is 0. The Morgan fingerprint density at radius 2 is 2.05 bits per heavy atom. The van der Waals surface area contributed by atoms with Crippen molar-refractivity contribution in [3.63, 3.8) is 0 Å². The first-order valence-electron chi connectivity index (χ1n) is 12.6. The minimum Gasteiger partial charge on any atom is -0.492 e. The fourth-order valence-electron chi connectivity index (χ4n) is 3.93. The van der Waals surface area contributed by atoms with Crippen molar-refractivity contribution < 1.29 is 29.4 Å². The number of rotatable bonds is 12. The Kier molecular flexibility index (Phi) is 10.5. The number of H-pyrrole nitrogens is 1. The van der Waals surface area contributed by atoms with Gasteiger partial charge in [-0.2, -0.15) is 4.68 Å². The second-order valence-electron chi connectivity index (χ2n) is 9.32. The lowest BCUT2D eigenvalue weighted by molar-refractivity contribution is -0.201. The van der Waals surface area contributed by atoms with Gasteiger partial charge in [0.15, 0.2) is 6.29 Å². The number of ether oxygens (including phenoxy) is 1. The van der Waals surface area contributed by atoms with Crippen LogP contribution >= 0.6 is 0 Å². The number of aromatic nitrogens is 2. The third-order valence-corrected chi connectivity index (χ3v) is 5.98. The maximum absolute atomic E-state index is 13.4. The third kappa shape index (κ3) is 7.78. The highest BCUT2D eigenvalue weighted by Crippen LogP contribution is 2.19. The molecule has 2 aromatic rings. The minimum atomic E-state index is -1.26. The van der Waals surface area contributed by atoms with Gasteiger partial charge in [-0.3, -0.25) is 9.59 Å². The molecule has 1 aliphatic rings. The van der Waals surface area contributed by atoms with Crippen LogP contribution in [0.4, 0.5) is 0 Å². The van der Waals surface area contributed by atoms with Gasteiger partial charge in [0.05, 0.1) is 6.61 Å². The van der Waals surface area contributed by atoms with Gasteiger partial charge in [-0.15, -0.1) is 0 Å². The lowest BCUT2D eigenvalue weighted by atomic mass is 10.1. The first-order valence-corrected chi connectivity index (χ1v) is 12.6. The van der Waals surface area contributed by atoms with Crippen LogP contribution < -0.4 is 16.2 Å². The van der Waals surface area contributed by atoms with E-state index in [1.165, 1.54) is 0 Å². The molecule has 0 unspecified atom stereocenters. The smallest absolute Gasteiger partial charge is 0.348 e. The van der Waals surface area contributed by atoms with Crippen molar-refractivity contribution >= 4 is 17.9 Å². The number of nitrogens with one attached hydrogen (secondary N) is 2. The first-order chi connectivity index (χ1) is 17.8. The summed E-state index contributed by atoms with van der Waals surface area (Å²) in [5.41, 5.74) is 2.24. The Morgan fingerprint density at radius 3 is 2.68 bits per heavy atom. The summed E-state index contributed by atoms with van der Waals surface area (Å²) >= 11 is 0. The first kappa shape index (κ1) is 28.2. The number of amides is 2. The molecule has 2 amide bonds. The maximum atomic E-state index is 13.4. The summed E-state index contributed by atoms with van der Waals surface area (Å²) < 4.78 is 6.20. The molecule has 0 bridgehead atoms. The average molecular weight is 517 g/mol. The molecule has 1 saturated heterocycles. The molecule has 1 aromatic heterocycles. The van der Waals surface area contributed by atoms with E-state index in [-0.39, 0.29) is 24.5 Å². The van der Waals surface area contributed by atoms with Crippen LogP contribution in [0.5, 0.6) is 5.88 Å². The van der Waals surface area contributed by atoms with E-state index in [1.54, 1.807) is 12.2 Å². The van der Waals surface area contributed by atoms with E-state index in [2.05, 4.69) is 10.5 Å². The van der Waals surface area contributed by atoms with Crippen LogP contribution in [-0.4, -0.2) is 50.6 Å². The topological polar surface area (TPSA) is 146 Å². The van der Waals surface area contributed by atoms with Crippen molar-refractivity contribution in [1.29, 1.82) is 0 Å². The predicted octanol–water partition coefficient (Wildman–Crippen LogP) is 2.32. The summed E-state index contributed by atoms with van der Waals surface area (Å²) in [6.45, 7) is 3.76. The highest BCUT2D eigenvalue weighted by atomic mass is 16.8. The molecule has 11 nitrogen and oxygen atoms in total. The molecule has 11 heteroatoms. The van der Waals surface area contributed by atoms with Gasteiger partial charge in [0.1, 0.15) is 11.7 Å². The number of imidazole rings is 1. The van der Waals surface area contributed by atoms with Crippen LogP contribution in [0.25, 0.3) is 6.08 Å². The number of aromatic amines is 1. The summed E-state index contributed by atoms with van der Waals surface area (Å²) in [6.07, 6.45) is 5.82. The Morgan fingerprint density at radius 1 is 1.30 bits per heavy atom. The number of hydrogen-bond donors (Lipinski definition) is 4. The molecule has 2 heterocycles. The number of aromatic hydroxyl groups is 1. The van der Waals surface area contributed by atoms with Gasteiger partial charge in [0, 0.05) is 19.4 Å². The molecular formula is C26H36N4O7. The summed E-state index contributed by atoms with van der Waals surface area (Å²) in [4.78, 5) is 47.4. The van der Waals surface area contributed by atoms with E-state index in [0.717, 1.165) is 23.4 Å². The fourth-order valence-corrected chi connectivity index (χ4v) is 3.93. The van der Waals surface area contributed by atoms with Crippen LogP contribution in [0.15, 0.2) is 41.2 Å². The highest BCUT2D eigenvalue weighted by Gasteiger charge is 2.35. The number of hydroxylamine groups is 1. The van der Waals surface area contributed by atoms with Gasteiger partial charge < -0.3 is 19.9 Å². The molecule has 1 aromatic carbocycles. The monoisotopic (exact) mass is 516 g/mol. The van der Waals surface area contributed by atoms with Crippen molar-refractivity contribution in [3.05, 3.63) is 58.1 Å². The van der Waals surface area contributed by atoms with Gasteiger partial charge in [-0.1, -0.05) is 56.3 Å². The molecule has 0 radical (unpaired) electrons. The van der Waals surface area contributed by atoms with E-state index in [0.29, 0.717) is 24.1 Å². The Balaban J connectivity index is 1.95. The number of carbonyl (C=O) groups excluding carboxylic acids is 2. The van der Waals surface area contributed by atoms with Gasteiger partial charge in [0.2, 0.25) is 11.8 Å². The van der Waals surface area contributed by atoms with E-state index in [1.807, 2.05) is 44.2 Å². The molecule has 1 fully saturated rings. The molecule has 0 aliphatic carbocycles. The van der Waals surface area contributed by atoms with Gasteiger partial charge in [0.25, 0.3) is 5.91 Å².